The van der Waals surface area contributed by atoms with Gasteiger partial charge >= 0.3 is 0 Å². The molecule has 0 N–H and O–H groups in total. The first-order valence-corrected chi connectivity index (χ1v) is 8.73. The number of fused-ring (bicyclic) bond motifs is 1. The number of benzene rings is 2. The third kappa shape index (κ3) is 4.04. The zero-order valence-electron chi connectivity index (χ0n) is 14.8. The maximum atomic E-state index is 6.06. The summed E-state index contributed by atoms with van der Waals surface area (Å²) in [6, 6.07) is 13.3. The maximum absolute atomic E-state index is 6.06. The van der Waals surface area contributed by atoms with E-state index in [4.69, 9.17) is 11.6 Å². The standard InChI is InChI=1S/C21H29Cl/c1-20(2,3)13-19(21(4,5)6)17-9-7-8-16-11-10-15(14-22)12-18(16)17/h7-12,19H,13-14H2,1-6H3. The van der Waals surface area contributed by atoms with E-state index < -0.39 is 0 Å². The van der Waals surface area contributed by atoms with Crippen molar-refractivity contribution < 1.29 is 0 Å². The van der Waals surface area contributed by atoms with Crippen molar-refractivity contribution in [2.45, 2.75) is 59.8 Å². The molecule has 0 aliphatic rings. The Labute approximate surface area is 140 Å². The zero-order valence-corrected chi connectivity index (χ0v) is 15.6. The van der Waals surface area contributed by atoms with E-state index in [2.05, 4.69) is 77.9 Å². The molecule has 0 spiro atoms. The minimum atomic E-state index is 0.235. The van der Waals surface area contributed by atoms with E-state index in [1.165, 1.54) is 28.3 Å². The van der Waals surface area contributed by atoms with Gasteiger partial charge in [0.05, 0.1) is 0 Å². The van der Waals surface area contributed by atoms with Gasteiger partial charge in [0.25, 0.3) is 0 Å². The SMILES string of the molecule is CC(C)(C)CC(c1cccc2ccc(CCl)cc12)C(C)(C)C. The van der Waals surface area contributed by atoms with Crippen LogP contribution in [0.3, 0.4) is 0 Å². The predicted octanol–water partition coefficient (Wildman–Crippen LogP) is 7.14. The molecule has 0 saturated heterocycles. The van der Waals surface area contributed by atoms with Crippen LogP contribution in [0.5, 0.6) is 0 Å². The first kappa shape index (κ1) is 17.3. The molecule has 0 amide bonds. The molecule has 0 aliphatic carbocycles. The molecule has 2 rings (SSSR count). The van der Waals surface area contributed by atoms with Gasteiger partial charge in [-0.2, -0.15) is 0 Å². The summed E-state index contributed by atoms with van der Waals surface area (Å²) in [5, 5.41) is 2.68. The van der Waals surface area contributed by atoms with Crippen molar-refractivity contribution in [3.63, 3.8) is 0 Å². The summed E-state index contributed by atoms with van der Waals surface area (Å²) in [5.41, 5.74) is 3.21. The minimum Gasteiger partial charge on any atom is -0.122 e. The Morgan fingerprint density at radius 1 is 0.955 bits per heavy atom. The van der Waals surface area contributed by atoms with Gasteiger partial charge in [-0.1, -0.05) is 71.9 Å². The maximum Gasteiger partial charge on any atom is 0.0474 e. The fraction of sp³-hybridized carbons (Fsp3) is 0.524. The molecular weight excluding hydrogens is 288 g/mol. The van der Waals surface area contributed by atoms with Crippen LogP contribution < -0.4 is 0 Å². The van der Waals surface area contributed by atoms with Crippen LogP contribution in [0.25, 0.3) is 10.8 Å². The van der Waals surface area contributed by atoms with Gasteiger partial charge in [-0.25, -0.2) is 0 Å². The molecule has 0 bridgehead atoms. The molecule has 1 unspecified atom stereocenters. The van der Waals surface area contributed by atoms with Crippen molar-refractivity contribution in [3.05, 3.63) is 47.5 Å². The normalized spacial score (nSPS) is 14.3. The second-order valence-electron chi connectivity index (χ2n) is 8.72. The summed E-state index contributed by atoms with van der Waals surface area (Å²) in [6.07, 6.45) is 1.18. The molecule has 22 heavy (non-hydrogen) atoms. The first-order chi connectivity index (χ1) is 10.1. The Hall–Kier alpha value is -1.01. The van der Waals surface area contributed by atoms with Gasteiger partial charge in [0.1, 0.15) is 0 Å². The van der Waals surface area contributed by atoms with E-state index in [-0.39, 0.29) is 5.41 Å². The lowest BCUT2D eigenvalue weighted by Crippen LogP contribution is -2.24. The van der Waals surface area contributed by atoms with Crippen molar-refractivity contribution in [1.29, 1.82) is 0 Å². The van der Waals surface area contributed by atoms with E-state index in [9.17, 15) is 0 Å². The Balaban J connectivity index is 2.62. The summed E-state index contributed by atoms with van der Waals surface area (Å²) in [7, 11) is 0. The Morgan fingerprint density at radius 2 is 1.64 bits per heavy atom. The Kier molecular flexibility index (Phi) is 4.92. The second-order valence-corrected chi connectivity index (χ2v) is 8.99. The van der Waals surface area contributed by atoms with Gasteiger partial charge < -0.3 is 0 Å². The lowest BCUT2D eigenvalue weighted by Gasteiger charge is -2.36. The summed E-state index contributed by atoms with van der Waals surface area (Å²) in [4.78, 5) is 0. The molecule has 0 nitrogen and oxygen atoms in total. The highest BCUT2D eigenvalue weighted by Gasteiger charge is 2.31. The smallest absolute Gasteiger partial charge is 0.0474 e. The number of hydrogen-bond donors (Lipinski definition) is 0. The average molecular weight is 317 g/mol. The molecule has 0 aliphatic heterocycles. The molecule has 120 valence electrons. The molecule has 1 heteroatoms. The van der Waals surface area contributed by atoms with Crippen LogP contribution in [0, 0.1) is 10.8 Å². The zero-order chi connectivity index (χ0) is 16.5. The third-order valence-corrected chi connectivity index (χ3v) is 4.68. The molecule has 0 aromatic heterocycles. The summed E-state index contributed by atoms with van der Waals surface area (Å²) < 4.78 is 0. The van der Waals surface area contributed by atoms with Gasteiger partial charge in [-0.15, -0.1) is 11.6 Å². The van der Waals surface area contributed by atoms with Crippen molar-refractivity contribution in [3.8, 4) is 0 Å². The summed E-state index contributed by atoms with van der Waals surface area (Å²) >= 11 is 6.06. The van der Waals surface area contributed by atoms with Crippen LogP contribution in [0.2, 0.25) is 0 Å². The largest absolute Gasteiger partial charge is 0.122 e. The van der Waals surface area contributed by atoms with Crippen LogP contribution in [0.1, 0.15) is 65.0 Å². The number of rotatable bonds is 3. The highest BCUT2D eigenvalue weighted by atomic mass is 35.5. The fourth-order valence-corrected chi connectivity index (χ4v) is 3.39. The monoisotopic (exact) mass is 316 g/mol. The summed E-state index contributed by atoms with van der Waals surface area (Å²) in [5.74, 6) is 1.10. The quantitative estimate of drug-likeness (QED) is 0.528. The van der Waals surface area contributed by atoms with Crippen molar-refractivity contribution in [2.24, 2.45) is 10.8 Å². The van der Waals surface area contributed by atoms with Crippen molar-refractivity contribution >= 4 is 22.4 Å². The van der Waals surface area contributed by atoms with E-state index >= 15 is 0 Å². The Bertz CT molecular complexity index is 641. The molecule has 0 heterocycles. The number of hydrogen-bond acceptors (Lipinski definition) is 0. The van der Waals surface area contributed by atoms with Crippen molar-refractivity contribution in [2.75, 3.05) is 0 Å². The molecule has 2 aromatic rings. The van der Waals surface area contributed by atoms with Crippen LogP contribution in [-0.2, 0) is 5.88 Å². The molecule has 0 saturated carbocycles. The predicted molar refractivity (Wildman–Crippen MR) is 99.8 cm³/mol. The second kappa shape index (κ2) is 6.24. The molecule has 0 fully saturated rings. The van der Waals surface area contributed by atoms with Crippen LogP contribution in [0.15, 0.2) is 36.4 Å². The van der Waals surface area contributed by atoms with E-state index in [1.807, 2.05) is 0 Å². The minimum absolute atomic E-state index is 0.235. The van der Waals surface area contributed by atoms with Gasteiger partial charge in [-0.3, -0.25) is 0 Å². The molecule has 2 aromatic carbocycles. The fourth-order valence-electron chi connectivity index (χ4n) is 3.23. The van der Waals surface area contributed by atoms with Gasteiger partial charge in [-0.05, 0) is 51.1 Å². The van der Waals surface area contributed by atoms with Gasteiger partial charge in [0.2, 0.25) is 0 Å². The highest BCUT2D eigenvalue weighted by molar-refractivity contribution is 6.17. The van der Waals surface area contributed by atoms with Crippen LogP contribution >= 0.6 is 11.6 Å². The van der Waals surface area contributed by atoms with Crippen molar-refractivity contribution in [1.82, 2.24) is 0 Å². The topological polar surface area (TPSA) is 0 Å². The summed E-state index contributed by atoms with van der Waals surface area (Å²) in [6.45, 7) is 14.1. The van der Waals surface area contributed by atoms with Gasteiger partial charge in [0.15, 0.2) is 0 Å². The Morgan fingerprint density at radius 3 is 2.18 bits per heavy atom. The van der Waals surface area contributed by atoms with Crippen LogP contribution in [0.4, 0.5) is 0 Å². The molecular formula is C21H29Cl. The third-order valence-electron chi connectivity index (χ3n) is 4.37. The van der Waals surface area contributed by atoms with E-state index in [1.54, 1.807) is 0 Å². The molecule has 0 radical (unpaired) electrons. The van der Waals surface area contributed by atoms with E-state index in [0.717, 1.165) is 0 Å². The number of alkyl halides is 1. The van der Waals surface area contributed by atoms with E-state index in [0.29, 0.717) is 17.2 Å². The van der Waals surface area contributed by atoms with Crippen LogP contribution in [-0.4, -0.2) is 0 Å². The highest BCUT2D eigenvalue weighted by Crippen LogP contribution is 2.45. The first-order valence-electron chi connectivity index (χ1n) is 8.19. The lowest BCUT2D eigenvalue weighted by molar-refractivity contribution is 0.230. The average Bonchev–Trinajstić information content (AvgIpc) is 2.41. The lowest BCUT2D eigenvalue weighted by atomic mass is 9.68. The molecule has 1 atom stereocenters. The van der Waals surface area contributed by atoms with Gasteiger partial charge in [0, 0.05) is 5.88 Å². The number of halogens is 1.